The summed E-state index contributed by atoms with van der Waals surface area (Å²) in [5.74, 6) is -2.36. The van der Waals surface area contributed by atoms with E-state index in [1.165, 1.54) is 0 Å². The van der Waals surface area contributed by atoms with Crippen LogP contribution in [0.5, 0.6) is 0 Å². The van der Waals surface area contributed by atoms with Gasteiger partial charge in [-0.3, -0.25) is 9.59 Å². The van der Waals surface area contributed by atoms with Crippen molar-refractivity contribution >= 4 is 17.8 Å². The SMILES string of the molecule is CC(C)C[C@H](N)C(=O)N[C@@H](CC(=O)OC(C)(C)C)C(=O)O. The maximum atomic E-state index is 11.8. The number of rotatable bonds is 7. The zero-order chi connectivity index (χ0) is 16.8. The monoisotopic (exact) mass is 302 g/mol. The normalized spacial score (nSPS) is 14.4. The Balaban J connectivity index is 4.60. The molecule has 0 rings (SSSR count). The molecule has 0 aromatic carbocycles. The summed E-state index contributed by atoms with van der Waals surface area (Å²) in [6, 6.07) is -2.14. The van der Waals surface area contributed by atoms with E-state index in [2.05, 4.69) is 5.32 Å². The highest BCUT2D eigenvalue weighted by Crippen LogP contribution is 2.10. The third-order valence-corrected chi connectivity index (χ3v) is 2.47. The molecule has 0 fully saturated rings. The van der Waals surface area contributed by atoms with Gasteiger partial charge in [-0.25, -0.2) is 4.79 Å². The van der Waals surface area contributed by atoms with Crippen molar-refractivity contribution in [3.8, 4) is 0 Å². The summed E-state index contributed by atoms with van der Waals surface area (Å²) < 4.78 is 5.04. The van der Waals surface area contributed by atoms with Gasteiger partial charge in [0.05, 0.1) is 12.5 Å². The van der Waals surface area contributed by atoms with Gasteiger partial charge >= 0.3 is 11.9 Å². The molecule has 0 aliphatic carbocycles. The summed E-state index contributed by atoms with van der Waals surface area (Å²) >= 11 is 0. The number of esters is 1. The number of carboxylic acids is 1. The second kappa shape index (κ2) is 7.97. The van der Waals surface area contributed by atoms with Gasteiger partial charge in [-0.15, -0.1) is 0 Å². The van der Waals surface area contributed by atoms with Crippen LogP contribution in [0.1, 0.15) is 47.5 Å². The summed E-state index contributed by atoms with van der Waals surface area (Å²) in [6.45, 7) is 8.85. The third kappa shape index (κ3) is 9.01. The molecular formula is C14H26N2O5. The molecule has 0 heterocycles. The maximum absolute atomic E-state index is 11.8. The zero-order valence-corrected chi connectivity index (χ0v) is 13.3. The van der Waals surface area contributed by atoms with Crippen LogP contribution in [0.25, 0.3) is 0 Å². The predicted molar refractivity (Wildman–Crippen MR) is 77.5 cm³/mol. The van der Waals surface area contributed by atoms with Crippen molar-refractivity contribution in [2.45, 2.75) is 65.1 Å². The Morgan fingerprint density at radius 3 is 2.14 bits per heavy atom. The van der Waals surface area contributed by atoms with Crippen molar-refractivity contribution in [1.82, 2.24) is 5.32 Å². The number of nitrogens with two attached hydrogens (primary N) is 1. The quantitative estimate of drug-likeness (QED) is 0.594. The van der Waals surface area contributed by atoms with E-state index < -0.39 is 42.0 Å². The van der Waals surface area contributed by atoms with Crippen molar-refractivity contribution in [3.63, 3.8) is 0 Å². The van der Waals surface area contributed by atoms with Gasteiger partial charge in [0.2, 0.25) is 5.91 Å². The molecule has 0 bridgehead atoms. The lowest BCUT2D eigenvalue weighted by atomic mass is 10.0. The topological polar surface area (TPSA) is 119 Å². The molecule has 2 atom stereocenters. The fourth-order valence-electron chi connectivity index (χ4n) is 1.64. The van der Waals surface area contributed by atoms with Crippen LogP contribution in [-0.2, 0) is 19.1 Å². The van der Waals surface area contributed by atoms with Crippen LogP contribution in [0.2, 0.25) is 0 Å². The van der Waals surface area contributed by atoms with Crippen LogP contribution >= 0.6 is 0 Å². The van der Waals surface area contributed by atoms with Crippen molar-refractivity contribution in [3.05, 3.63) is 0 Å². The van der Waals surface area contributed by atoms with E-state index in [1.807, 2.05) is 13.8 Å². The van der Waals surface area contributed by atoms with E-state index in [4.69, 9.17) is 15.6 Å². The summed E-state index contributed by atoms with van der Waals surface area (Å²) in [6.07, 6.45) is -0.00263. The lowest BCUT2D eigenvalue weighted by molar-refractivity contribution is -0.158. The lowest BCUT2D eigenvalue weighted by Gasteiger charge is -2.22. The van der Waals surface area contributed by atoms with Crippen LogP contribution in [-0.4, -0.2) is 40.6 Å². The molecule has 0 unspecified atom stereocenters. The van der Waals surface area contributed by atoms with Gasteiger partial charge in [0.25, 0.3) is 0 Å². The smallest absolute Gasteiger partial charge is 0.326 e. The Labute approximate surface area is 125 Å². The van der Waals surface area contributed by atoms with Crippen LogP contribution in [0.15, 0.2) is 0 Å². The van der Waals surface area contributed by atoms with E-state index in [-0.39, 0.29) is 5.92 Å². The molecule has 1 amide bonds. The van der Waals surface area contributed by atoms with Crippen molar-refractivity contribution in [2.75, 3.05) is 0 Å². The number of carbonyl (C=O) groups excluding carboxylic acids is 2. The van der Waals surface area contributed by atoms with Gasteiger partial charge in [0, 0.05) is 0 Å². The third-order valence-electron chi connectivity index (χ3n) is 2.47. The largest absolute Gasteiger partial charge is 0.480 e. The zero-order valence-electron chi connectivity index (χ0n) is 13.3. The Morgan fingerprint density at radius 2 is 1.76 bits per heavy atom. The van der Waals surface area contributed by atoms with E-state index in [1.54, 1.807) is 20.8 Å². The van der Waals surface area contributed by atoms with Gasteiger partial charge in [0.1, 0.15) is 11.6 Å². The summed E-state index contributed by atoms with van der Waals surface area (Å²) in [5, 5.41) is 11.3. The Bertz CT molecular complexity index is 387. The maximum Gasteiger partial charge on any atom is 0.326 e. The number of carboxylic acid groups (broad SMARTS) is 1. The van der Waals surface area contributed by atoms with E-state index in [0.717, 1.165) is 0 Å². The number of nitrogens with one attached hydrogen (secondary N) is 1. The first kappa shape index (κ1) is 19.4. The predicted octanol–water partition coefficient (Wildman–Crippen LogP) is 0.661. The molecule has 0 radical (unpaired) electrons. The van der Waals surface area contributed by atoms with Crippen molar-refractivity contribution < 1.29 is 24.2 Å². The fraction of sp³-hybridized carbons (Fsp3) is 0.786. The molecule has 0 aromatic rings. The van der Waals surface area contributed by atoms with Gasteiger partial charge in [-0.2, -0.15) is 0 Å². The molecule has 0 aliphatic heterocycles. The first-order valence-electron chi connectivity index (χ1n) is 6.93. The summed E-state index contributed by atoms with van der Waals surface area (Å²) in [5.41, 5.74) is 4.97. The molecule has 21 heavy (non-hydrogen) atoms. The van der Waals surface area contributed by atoms with Gasteiger partial charge < -0.3 is 20.9 Å². The minimum Gasteiger partial charge on any atom is -0.480 e. The first-order chi connectivity index (χ1) is 9.42. The van der Waals surface area contributed by atoms with Crippen LogP contribution in [0.3, 0.4) is 0 Å². The molecule has 4 N–H and O–H groups in total. The number of aliphatic carboxylic acids is 1. The summed E-state index contributed by atoms with van der Waals surface area (Å²) in [7, 11) is 0. The van der Waals surface area contributed by atoms with E-state index in [0.29, 0.717) is 6.42 Å². The molecule has 122 valence electrons. The highest BCUT2D eigenvalue weighted by Gasteiger charge is 2.28. The number of amides is 1. The summed E-state index contributed by atoms with van der Waals surface area (Å²) in [4.78, 5) is 34.6. The van der Waals surface area contributed by atoms with Gasteiger partial charge in [-0.05, 0) is 33.1 Å². The lowest BCUT2D eigenvalue weighted by Crippen LogP contribution is -2.49. The molecular weight excluding hydrogens is 276 g/mol. The second-order valence-corrected chi connectivity index (χ2v) is 6.43. The number of ether oxygens (including phenoxy) is 1. The highest BCUT2D eigenvalue weighted by atomic mass is 16.6. The van der Waals surface area contributed by atoms with Crippen LogP contribution < -0.4 is 11.1 Å². The molecule has 0 aromatic heterocycles. The van der Waals surface area contributed by atoms with Gasteiger partial charge in [0.15, 0.2) is 0 Å². The number of hydrogen-bond donors (Lipinski definition) is 3. The van der Waals surface area contributed by atoms with E-state index >= 15 is 0 Å². The fourth-order valence-corrected chi connectivity index (χ4v) is 1.64. The number of carbonyl (C=O) groups is 3. The standard InChI is InChI=1S/C14H26N2O5/c1-8(2)6-9(15)12(18)16-10(13(19)20)7-11(17)21-14(3,4)5/h8-10H,6-7,15H2,1-5H3,(H,16,18)(H,19,20)/t9-,10-/m0/s1. The molecule has 0 spiro atoms. The Morgan fingerprint density at radius 1 is 1.24 bits per heavy atom. The minimum absolute atomic E-state index is 0.208. The van der Waals surface area contributed by atoms with Crippen molar-refractivity contribution in [1.29, 1.82) is 0 Å². The minimum atomic E-state index is -1.34. The van der Waals surface area contributed by atoms with Gasteiger partial charge in [-0.1, -0.05) is 13.8 Å². The average Bonchev–Trinajstić information content (AvgIpc) is 2.23. The first-order valence-corrected chi connectivity index (χ1v) is 6.93. The van der Waals surface area contributed by atoms with Crippen molar-refractivity contribution in [2.24, 2.45) is 11.7 Å². The molecule has 0 aliphatic rings. The Kier molecular flexibility index (Phi) is 7.35. The molecule has 7 heteroatoms. The molecule has 0 saturated carbocycles. The van der Waals surface area contributed by atoms with Crippen LogP contribution in [0, 0.1) is 5.92 Å². The van der Waals surface area contributed by atoms with E-state index in [9.17, 15) is 14.4 Å². The Hall–Kier alpha value is -1.63. The highest BCUT2D eigenvalue weighted by molar-refractivity contribution is 5.89. The van der Waals surface area contributed by atoms with Crippen LogP contribution in [0.4, 0.5) is 0 Å². The molecule has 7 nitrogen and oxygen atoms in total. The number of hydrogen-bond acceptors (Lipinski definition) is 5. The average molecular weight is 302 g/mol. The second-order valence-electron chi connectivity index (χ2n) is 6.43. The molecule has 0 saturated heterocycles.